The number of carboxylic acid groups (broad SMARTS) is 1. The maximum absolute atomic E-state index is 10.9. The van der Waals surface area contributed by atoms with Gasteiger partial charge in [-0.3, -0.25) is 4.79 Å². The van der Waals surface area contributed by atoms with E-state index in [2.05, 4.69) is 32.9 Å². The third kappa shape index (κ3) is 32.1. The maximum Gasteiger partial charge on any atom is 1.00 e. The van der Waals surface area contributed by atoms with Crippen molar-refractivity contribution in [1.29, 1.82) is 15.8 Å². The molecule has 0 unspecified atom stereocenters. The van der Waals surface area contributed by atoms with Gasteiger partial charge in [-0.25, -0.2) is 0 Å². The maximum atomic E-state index is 10.9. The molecule has 0 aromatic rings. The van der Waals surface area contributed by atoms with E-state index in [1.54, 1.807) is 6.07 Å². The molecule has 4 fully saturated rings. The number of rotatable bonds is 11. The van der Waals surface area contributed by atoms with E-state index in [0.29, 0.717) is 0 Å². The molecule has 296 valence electrons. The Labute approximate surface area is 369 Å². The van der Waals surface area contributed by atoms with E-state index in [1.165, 1.54) is 148 Å². The number of nitrogens with zero attached hydrogens (tertiary/aromatic N) is 3. The largest absolute Gasteiger partial charge is 1.00 e. The van der Waals surface area contributed by atoms with Gasteiger partial charge in [0, 0.05) is 6.42 Å². The van der Waals surface area contributed by atoms with Crippen molar-refractivity contribution in [3.8, 4) is 18.2 Å². The van der Waals surface area contributed by atoms with Crippen molar-refractivity contribution in [2.24, 2.45) is 34.5 Å². The fourth-order valence-corrected chi connectivity index (χ4v) is 7.79. The minimum absolute atomic E-state index is 0. The summed E-state index contributed by atoms with van der Waals surface area (Å²) >= 11 is 4.82. The van der Waals surface area contributed by atoms with Gasteiger partial charge in [-0.2, -0.15) is 15.8 Å². The van der Waals surface area contributed by atoms with E-state index in [-0.39, 0.29) is 68.2 Å². The number of halogens is 1. The topological polar surface area (TPSA) is 139 Å². The molecule has 8 heteroatoms. The molecule has 0 radical (unpaired) electrons. The zero-order chi connectivity index (χ0) is 37.5. The van der Waals surface area contributed by atoms with Gasteiger partial charge in [0.2, 0.25) is 0 Å². The second-order valence-electron chi connectivity index (χ2n) is 17.0. The van der Waals surface area contributed by atoms with Crippen LogP contribution in [0.2, 0.25) is 0 Å². The van der Waals surface area contributed by atoms with Gasteiger partial charge in [-0.15, -0.1) is 11.6 Å². The smallest absolute Gasteiger partial charge is 0.870 e. The van der Waals surface area contributed by atoms with Crippen molar-refractivity contribution in [2.75, 3.05) is 5.88 Å². The summed E-state index contributed by atoms with van der Waals surface area (Å²) in [6.07, 6.45) is 37.3. The van der Waals surface area contributed by atoms with Gasteiger partial charge >= 0.3 is 57.4 Å². The summed E-state index contributed by atoms with van der Waals surface area (Å²) in [5, 5.41) is 33.7. The summed E-state index contributed by atoms with van der Waals surface area (Å²) in [6, 6.07) is 6.28. The van der Waals surface area contributed by atoms with E-state index in [9.17, 15) is 4.79 Å². The molecule has 6 nitrogen and oxygen atoms in total. The average Bonchev–Trinajstić information content (AvgIpc) is 3.16. The Balaban J connectivity index is -0.000000595. The first-order valence-electron chi connectivity index (χ1n) is 20.9. The van der Waals surface area contributed by atoms with Gasteiger partial charge in [0.05, 0.1) is 29.0 Å². The van der Waals surface area contributed by atoms with E-state index in [0.717, 1.165) is 55.8 Å². The number of hydrogen-bond acceptors (Lipinski definition) is 5. The second kappa shape index (κ2) is 36.5. The normalized spacial score (nSPS) is 18.4. The number of carboxylic acids is 1. The van der Waals surface area contributed by atoms with Gasteiger partial charge in [0.25, 0.3) is 0 Å². The van der Waals surface area contributed by atoms with Crippen LogP contribution in [0.4, 0.5) is 0 Å². The number of carbonyl (C=O) groups is 1. The van der Waals surface area contributed by atoms with Crippen molar-refractivity contribution < 1.29 is 66.8 Å². The SMILES string of the molecule is CC(C)(C#N)CCC1CCCCC1.CC(C)(CCC1CCCCC1)C(=O)O.CCC1CCCCC1.N#CCCCC1CCCCC1.N#CCCl.[K+].[OH-]. The molecule has 0 aliphatic heterocycles. The first-order chi connectivity index (χ1) is 23.9. The quantitative estimate of drug-likeness (QED) is 0.126. The van der Waals surface area contributed by atoms with Crippen LogP contribution in [0, 0.1) is 68.5 Å². The molecule has 4 aliphatic carbocycles. The Morgan fingerprint density at radius 1 is 0.635 bits per heavy atom. The molecule has 0 heterocycles. The Hall–Kier alpha value is -0.174. The predicted octanol–water partition coefficient (Wildman–Crippen LogP) is 11.2. The number of nitriles is 3. The molecule has 52 heavy (non-hydrogen) atoms. The van der Waals surface area contributed by atoms with Crippen LogP contribution >= 0.6 is 11.6 Å². The number of alkyl halides is 1. The summed E-state index contributed by atoms with van der Waals surface area (Å²) in [7, 11) is 0. The van der Waals surface area contributed by atoms with Gasteiger partial charge in [0.15, 0.2) is 0 Å². The van der Waals surface area contributed by atoms with Crippen LogP contribution in [0.25, 0.3) is 0 Å². The van der Waals surface area contributed by atoms with Crippen LogP contribution in [0.1, 0.15) is 214 Å². The Bertz CT molecular complexity index is 947. The molecule has 0 aromatic heterocycles. The third-order valence-corrected chi connectivity index (χ3v) is 11.8. The van der Waals surface area contributed by atoms with Crippen LogP contribution in [0.15, 0.2) is 0 Å². The van der Waals surface area contributed by atoms with Crippen LogP contribution < -0.4 is 51.4 Å². The molecule has 0 amide bonds. The molecule has 4 rings (SSSR count). The van der Waals surface area contributed by atoms with Crippen molar-refractivity contribution in [3.05, 3.63) is 0 Å². The Morgan fingerprint density at radius 3 is 1.27 bits per heavy atom. The molecule has 0 saturated heterocycles. The van der Waals surface area contributed by atoms with Gasteiger partial charge < -0.3 is 10.6 Å². The van der Waals surface area contributed by atoms with Crippen molar-refractivity contribution in [3.63, 3.8) is 0 Å². The molecular formula is C44H79ClKN3O3. The van der Waals surface area contributed by atoms with Gasteiger partial charge in [0.1, 0.15) is 5.88 Å². The van der Waals surface area contributed by atoms with E-state index in [4.69, 9.17) is 32.5 Å². The zero-order valence-corrected chi connectivity index (χ0v) is 38.7. The zero-order valence-electron chi connectivity index (χ0n) is 34.8. The van der Waals surface area contributed by atoms with Crippen LogP contribution in [-0.4, -0.2) is 22.4 Å². The molecule has 4 saturated carbocycles. The van der Waals surface area contributed by atoms with Crippen molar-refractivity contribution >= 4 is 17.6 Å². The minimum Gasteiger partial charge on any atom is -0.870 e. The van der Waals surface area contributed by atoms with E-state index in [1.807, 2.05) is 13.8 Å². The fraction of sp³-hybridized carbons (Fsp3) is 0.909. The third-order valence-electron chi connectivity index (χ3n) is 11.7. The van der Waals surface area contributed by atoms with E-state index < -0.39 is 11.4 Å². The van der Waals surface area contributed by atoms with Crippen LogP contribution in [-0.2, 0) is 4.79 Å². The van der Waals surface area contributed by atoms with Gasteiger partial charge in [-0.05, 0) is 89.9 Å². The molecule has 4 aliphatic rings. The molecular weight excluding hydrogens is 693 g/mol. The fourth-order valence-electron chi connectivity index (χ4n) is 7.79. The standard InChI is InChI=1S/C12H21N.C12H22O2.C10H17N.C8H16.C2H2ClN.K.H2O/c1-12(2,10-13)9-8-11-6-4-3-5-7-11;1-12(2,11(13)14)9-8-10-6-4-3-5-7-10;11-9-5-4-8-10-6-2-1-3-7-10;1-2-8-6-4-3-5-7-8;3-1-2-4;;/h11H,3-9H2,1-2H3;10H,3-9H2,1-2H3,(H,13,14);10H,1-8H2;8H,2-7H2,1H3;1H2;;1H2/q;;;;;+1;/p-1. The van der Waals surface area contributed by atoms with Crippen LogP contribution in [0.5, 0.6) is 0 Å². The molecule has 2 N–H and O–H groups in total. The summed E-state index contributed by atoms with van der Waals surface area (Å²) in [6.45, 7) is 10.1. The Kier molecular flexibility index (Phi) is 39.4. The predicted molar refractivity (Wildman–Crippen MR) is 214 cm³/mol. The summed E-state index contributed by atoms with van der Waals surface area (Å²) < 4.78 is 0. The van der Waals surface area contributed by atoms with Crippen LogP contribution in [0.3, 0.4) is 0 Å². The summed E-state index contributed by atoms with van der Waals surface area (Å²) in [5.41, 5.74) is -0.630. The Morgan fingerprint density at radius 2 is 0.981 bits per heavy atom. The average molecular weight is 773 g/mol. The molecule has 0 aromatic carbocycles. The molecule has 0 bridgehead atoms. The summed E-state index contributed by atoms with van der Waals surface area (Å²) in [5.74, 6) is 3.19. The van der Waals surface area contributed by atoms with Gasteiger partial charge in [-0.1, -0.05) is 142 Å². The molecule has 0 spiro atoms. The molecule has 0 atom stereocenters. The first-order valence-corrected chi connectivity index (χ1v) is 21.4. The second-order valence-corrected chi connectivity index (χ2v) is 17.3. The number of aliphatic carboxylic acids is 1. The first kappa shape index (κ1) is 56.2. The number of unbranched alkanes of at least 4 members (excludes halogenated alkanes) is 1. The minimum atomic E-state index is -0.659. The summed E-state index contributed by atoms with van der Waals surface area (Å²) in [4.78, 5) is 10.9. The number of hydrogen-bond donors (Lipinski definition) is 1. The van der Waals surface area contributed by atoms with E-state index >= 15 is 0 Å². The van der Waals surface area contributed by atoms with Crippen molar-refractivity contribution in [2.45, 2.75) is 214 Å². The van der Waals surface area contributed by atoms with Crippen molar-refractivity contribution in [1.82, 2.24) is 0 Å². The monoisotopic (exact) mass is 772 g/mol.